The van der Waals surface area contributed by atoms with Crippen molar-refractivity contribution in [3.63, 3.8) is 0 Å². The first-order valence-electron chi connectivity index (χ1n) is 4.65. The Morgan fingerprint density at radius 1 is 1.44 bits per heavy atom. The molecule has 0 bridgehead atoms. The van der Waals surface area contributed by atoms with E-state index in [1.165, 1.54) is 19.2 Å². The predicted octanol–water partition coefficient (Wildman–Crippen LogP) is 1.29. The average molecular weight is 225 g/mol. The fourth-order valence-electron chi connectivity index (χ4n) is 1.22. The molecule has 0 aliphatic heterocycles. The Hall–Kier alpha value is -1.91. The third-order valence-electron chi connectivity index (χ3n) is 2.14. The molecule has 0 heterocycles. The minimum absolute atomic E-state index is 0.145. The number of aryl methyl sites for hydroxylation is 1. The van der Waals surface area contributed by atoms with E-state index in [0.29, 0.717) is 5.56 Å². The minimum atomic E-state index is -1.11. The molecule has 1 aromatic rings. The third kappa shape index (κ3) is 2.79. The van der Waals surface area contributed by atoms with Crippen molar-refractivity contribution in [3.8, 4) is 0 Å². The number of hydrogen-bond donors (Lipinski definition) is 1. The van der Waals surface area contributed by atoms with Crippen molar-refractivity contribution in [2.24, 2.45) is 0 Å². The molecule has 0 radical (unpaired) electrons. The monoisotopic (exact) mass is 225 g/mol. The molecule has 1 N–H and O–H groups in total. The highest BCUT2D eigenvalue weighted by Crippen LogP contribution is 2.10. The van der Waals surface area contributed by atoms with Crippen LogP contribution in [-0.4, -0.2) is 35.5 Å². The topological polar surface area (TPSA) is 57.6 Å². The molecule has 0 aromatic heterocycles. The Balaban J connectivity index is 2.88. The second kappa shape index (κ2) is 4.74. The van der Waals surface area contributed by atoms with Gasteiger partial charge in [-0.1, -0.05) is 6.07 Å². The highest BCUT2D eigenvalue weighted by atomic mass is 19.1. The van der Waals surface area contributed by atoms with Gasteiger partial charge in [-0.25, -0.2) is 4.39 Å². The van der Waals surface area contributed by atoms with Crippen LogP contribution in [0.15, 0.2) is 18.2 Å². The summed E-state index contributed by atoms with van der Waals surface area (Å²) in [5.74, 6) is -2.10. The van der Waals surface area contributed by atoms with Crippen LogP contribution in [0.2, 0.25) is 0 Å². The summed E-state index contributed by atoms with van der Waals surface area (Å²) in [6, 6.07) is 4.06. The summed E-state index contributed by atoms with van der Waals surface area (Å²) in [4.78, 5) is 23.1. The van der Waals surface area contributed by atoms with Crippen LogP contribution in [0.3, 0.4) is 0 Å². The quantitative estimate of drug-likeness (QED) is 0.843. The maximum atomic E-state index is 13.2. The van der Waals surface area contributed by atoms with Crippen LogP contribution in [0.5, 0.6) is 0 Å². The number of carboxylic acids is 1. The molecule has 0 unspecified atom stereocenters. The molecule has 0 aliphatic rings. The lowest BCUT2D eigenvalue weighted by molar-refractivity contribution is -0.137. The van der Waals surface area contributed by atoms with Crippen LogP contribution in [0, 0.1) is 12.7 Å². The maximum Gasteiger partial charge on any atom is 0.323 e. The molecule has 0 fully saturated rings. The molecule has 0 saturated heterocycles. The Labute approximate surface area is 92.3 Å². The van der Waals surface area contributed by atoms with Gasteiger partial charge in [0.25, 0.3) is 5.91 Å². The normalized spacial score (nSPS) is 9.94. The summed E-state index contributed by atoms with van der Waals surface area (Å²) < 4.78 is 13.2. The molecule has 0 atom stereocenters. The summed E-state index contributed by atoms with van der Waals surface area (Å²) in [6.45, 7) is 1.18. The van der Waals surface area contributed by atoms with Gasteiger partial charge >= 0.3 is 5.97 Å². The highest BCUT2D eigenvalue weighted by molar-refractivity contribution is 5.95. The lowest BCUT2D eigenvalue weighted by Crippen LogP contribution is -2.31. The number of amides is 1. The molecule has 0 aliphatic carbocycles. The summed E-state index contributed by atoms with van der Waals surface area (Å²) in [5, 5.41) is 8.51. The lowest BCUT2D eigenvalue weighted by atomic mass is 10.1. The van der Waals surface area contributed by atoms with E-state index in [9.17, 15) is 14.0 Å². The van der Waals surface area contributed by atoms with Crippen LogP contribution in [0.4, 0.5) is 4.39 Å². The molecule has 5 heteroatoms. The summed E-state index contributed by atoms with van der Waals surface area (Å²) in [6.07, 6.45) is 0. The van der Waals surface area contributed by atoms with Crippen molar-refractivity contribution < 1.29 is 19.1 Å². The molecule has 16 heavy (non-hydrogen) atoms. The number of benzene rings is 1. The van der Waals surface area contributed by atoms with Crippen molar-refractivity contribution in [3.05, 3.63) is 35.1 Å². The summed E-state index contributed by atoms with van der Waals surface area (Å²) in [5.41, 5.74) is 0.587. The van der Waals surface area contributed by atoms with E-state index in [2.05, 4.69) is 0 Å². The van der Waals surface area contributed by atoms with Crippen LogP contribution >= 0.6 is 0 Å². The van der Waals surface area contributed by atoms with E-state index in [4.69, 9.17) is 5.11 Å². The van der Waals surface area contributed by atoms with Crippen LogP contribution < -0.4 is 0 Å². The first-order chi connectivity index (χ1) is 7.41. The Morgan fingerprint density at radius 2 is 2.06 bits per heavy atom. The largest absolute Gasteiger partial charge is 0.480 e. The molecular weight excluding hydrogens is 213 g/mol. The molecule has 4 nitrogen and oxygen atoms in total. The van der Waals surface area contributed by atoms with Crippen molar-refractivity contribution in [1.82, 2.24) is 4.90 Å². The van der Waals surface area contributed by atoms with Crippen molar-refractivity contribution in [2.45, 2.75) is 6.92 Å². The Kier molecular flexibility index (Phi) is 3.60. The van der Waals surface area contributed by atoms with E-state index in [-0.39, 0.29) is 5.56 Å². The van der Waals surface area contributed by atoms with Gasteiger partial charge in [-0.3, -0.25) is 9.59 Å². The van der Waals surface area contributed by atoms with Gasteiger partial charge in [0, 0.05) is 12.6 Å². The summed E-state index contributed by atoms with van der Waals surface area (Å²) >= 11 is 0. The molecular formula is C11H12FNO3. The molecule has 86 valence electrons. The van der Waals surface area contributed by atoms with E-state index >= 15 is 0 Å². The number of aliphatic carboxylic acids is 1. The Bertz CT molecular complexity index is 431. The molecule has 1 amide bonds. The zero-order chi connectivity index (χ0) is 12.3. The van der Waals surface area contributed by atoms with Gasteiger partial charge in [0.1, 0.15) is 12.4 Å². The van der Waals surface area contributed by atoms with E-state index in [1.54, 1.807) is 6.92 Å². The SMILES string of the molecule is Cc1ccc(C(=O)N(C)CC(=O)O)cc1F. The zero-order valence-corrected chi connectivity index (χ0v) is 9.03. The fraction of sp³-hybridized carbons (Fsp3) is 0.273. The number of halogens is 1. The minimum Gasteiger partial charge on any atom is -0.480 e. The van der Waals surface area contributed by atoms with Gasteiger partial charge in [0.05, 0.1) is 0 Å². The van der Waals surface area contributed by atoms with Gasteiger partial charge in [-0.15, -0.1) is 0 Å². The van der Waals surface area contributed by atoms with E-state index < -0.39 is 24.2 Å². The van der Waals surface area contributed by atoms with Gasteiger partial charge in [-0.05, 0) is 24.6 Å². The van der Waals surface area contributed by atoms with Crippen LogP contribution in [0.1, 0.15) is 15.9 Å². The summed E-state index contributed by atoms with van der Waals surface area (Å²) in [7, 11) is 1.36. The number of carbonyl (C=O) groups is 2. The first-order valence-corrected chi connectivity index (χ1v) is 4.65. The van der Waals surface area contributed by atoms with Crippen LogP contribution in [-0.2, 0) is 4.79 Å². The second-order valence-corrected chi connectivity index (χ2v) is 3.52. The zero-order valence-electron chi connectivity index (χ0n) is 9.03. The standard InChI is InChI=1S/C11H12FNO3/c1-7-3-4-8(5-9(7)12)11(16)13(2)6-10(14)15/h3-5H,6H2,1-2H3,(H,14,15). The van der Waals surface area contributed by atoms with Gasteiger partial charge in [0.2, 0.25) is 0 Å². The number of rotatable bonds is 3. The maximum absolute atomic E-state index is 13.2. The lowest BCUT2D eigenvalue weighted by Gasteiger charge is -2.14. The predicted molar refractivity (Wildman–Crippen MR) is 55.7 cm³/mol. The fourth-order valence-corrected chi connectivity index (χ4v) is 1.22. The number of carbonyl (C=O) groups excluding carboxylic acids is 1. The number of carboxylic acid groups (broad SMARTS) is 1. The van der Waals surface area contributed by atoms with E-state index in [0.717, 1.165) is 11.0 Å². The number of likely N-dealkylation sites (N-methyl/N-ethyl adjacent to an activating group) is 1. The van der Waals surface area contributed by atoms with Crippen molar-refractivity contribution in [1.29, 1.82) is 0 Å². The van der Waals surface area contributed by atoms with Gasteiger partial charge in [0.15, 0.2) is 0 Å². The number of hydrogen-bond acceptors (Lipinski definition) is 2. The molecule has 0 spiro atoms. The average Bonchev–Trinajstić information content (AvgIpc) is 2.20. The molecule has 1 aromatic carbocycles. The van der Waals surface area contributed by atoms with Gasteiger partial charge in [-0.2, -0.15) is 0 Å². The van der Waals surface area contributed by atoms with Crippen molar-refractivity contribution >= 4 is 11.9 Å². The highest BCUT2D eigenvalue weighted by Gasteiger charge is 2.15. The first kappa shape index (κ1) is 12.2. The second-order valence-electron chi connectivity index (χ2n) is 3.52. The van der Waals surface area contributed by atoms with Gasteiger partial charge < -0.3 is 10.0 Å². The van der Waals surface area contributed by atoms with Crippen molar-refractivity contribution in [2.75, 3.05) is 13.6 Å². The Morgan fingerprint density at radius 3 is 2.56 bits per heavy atom. The van der Waals surface area contributed by atoms with Crippen LogP contribution in [0.25, 0.3) is 0 Å². The molecule has 1 rings (SSSR count). The smallest absolute Gasteiger partial charge is 0.323 e. The third-order valence-corrected chi connectivity index (χ3v) is 2.14. The number of nitrogens with zero attached hydrogens (tertiary/aromatic N) is 1. The van der Waals surface area contributed by atoms with E-state index in [1.807, 2.05) is 0 Å². The molecule has 0 saturated carbocycles.